The van der Waals surface area contributed by atoms with E-state index in [1.54, 1.807) is 0 Å². The Balaban J connectivity index is 1.12. The van der Waals surface area contributed by atoms with Crippen LogP contribution in [0.3, 0.4) is 0 Å². The molecule has 11 aromatic rings. The molecule has 0 aliphatic heterocycles. The third-order valence-electron chi connectivity index (χ3n) is 11.0. The van der Waals surface area contributed by atoms with Crippen LogP contribution in [-0.4, -0.2) is 4.57 Å². The van der Waals surface area contributed by atoms with Crippen LogP contribution in [0.25, 0.3) is 80.7 Å². The van der Waals surface area contributed by atoms with Crippen molar-refractivity contribution in [3.8, 4) is 27.9 Å². The SMILES string of the molecule is c1ccc(-c2ccc(N(c3cccc(-c4cc(-n5c6ccccc6c6ccccc65)cc5ccccc45)c3)c3cccc4c3sc3ccccc34)cc2)cc1. The number of benzene rings is 9. The first-order valence-corrected chi connectivity index (χ1v) is 19.6. The number of thiophene rings is 1. The maximum atomic E-state index is 2.44. The van der Waals surface area contributed by atoms with Crippen molar-refractivity contribution in [1.82, 2.24) is 4.57 Å². The van der Waals surface area contributed by atoms with Crippen molar-refractivity contribution < 1.29 is 0 Å². The van der Waals surface area contributed by atoms with Gasteiger partial charge >= 0.3 is 0 Å². The van der Waals surface area contributed by atoms with Crippen molar-refractivity contribution in [2.24, 2.45) is 0 Å². The van der Waals surface area contributed by atoms with Gasteiger partial charge in [-0.25, -0.2) is 0 Å². The summed E-state index contributed by atoms with van der Waals surface area (Å²) in [6.45, 7) is 0. The average molecular weight is 719 g/mol. The summed E-state index contributed by atoms with van der Waals surface area (Å²) in [5.74, 6) is 0. The zero-order chi connectivity index (χ0) is 36.3. The van der Waals surface area contributed by atoms with Crippen molar-refractivity contribution in [3.05, 3.63) is 206 Å². The maximum absolute atomic E-state index is 2.44. The Morgan fingerprint density at radius 3 is 1.76 bits per heavy atom. The highest BCUT2D eigenvalue weighted by atomic mass is 32.1. The Bertz CT molecular complexity index is 3150. The summed E-state index contributed by atoms with van der Waals surface area (Å²) in [6, 6.07) is 75.2. The molecule has 0 atom stereocenters. The van der Waals surface area contributed by atoms with Crippen LogP contribution in [-0.2, 0) is 0 Å². The Morgan fingerprint density at radius 1 is 0.382 bits per heavy atom. The van der Waals surface area contributed by atoms with Crippen molar-refractivity contribution in [2.75, 3.05) is 4.90 Å². The summed E-state index contributed by atoms with van der Waals surface area (Å²) in [6.07, 6.45) is 0. The van der Waals surface area contributed by atoms with Gasteiger partial charge in [-0.05, 0) is 93.7 Å². The predicted molar refractivity (Wildman–Crippen MR) is 237 cm³/mol. The van der Waals surface area contributed by atoms with Crippen LogP contribution in [0, 0.1) is 0 Å². The lowest BCUT2D eigenvalue weighted by Gasteiger charge is -2.27. The van der Waals surface area contributed by atoms with Gasteiger partial charge in [-0.3, -0.25) is 0 Å². The summed E-state index contributed by atoms with van der Waals surface area (Å²) >= 11 is 1.87. The highest BCUT2D eigenvalue weighted by Crippen LogP contribution is 2.46. The van der Waals surface area contributed by atoms with Crippen LogP contribution in [0.1, 0.15) is 0 Å². The Morgan fingerprint density at radius 2 is 0.982 bits per heavy atom. The van der Waals surface area contributed by atoms with E-state index in [1.807, 2.05) is 11.3 Å². The maximum Gasteiger partial charge on any atom is 0.0640 e. The molecule has 9 aromatic carbocycles. The molecule has 0 saturated heterocycles. The third kappa shape index (κ3) is 5.24. The van der Waals surface area contributed by atoms with E-state index in [0.29, 0.717) is 0 Å². The fourth-order valence-corrected chi connectivity index (χ4v) is 9.65. The molecule has 0 saturated carbocycles. The summed E-state index contributed by atoms with van der Waals surface area (Å²) < 4.78 is 5.00. The van der Waals surface area contributed by atoms with E-state index in [0.717, 1.165) is 17.1 Å². The zero-order valence-corrected chi connectivity index (χ0v) is 30.7. The second-order valence-electron chi connectivity index (χ2n) is 14.1. The molecule has 0 N–H and O–H groups in total. The molecule has 0 spiro atoms. The van der Waals surface area contributed by atoms with Gasteiger partial charge in [0.25, 0.3) is 0 Å². The van der Waals surface area contributed by atoms with Gasteiger partial charge in [0, 0.05) is 43.3 Å². The Kier molecular flexibility index (Phi) is 7.39. The number of rotatable bonds is 6. The monoisotopic (exact) mass is 718 g/mol. The molecule has 0 fully saturated rings. The standard InChI is InChI=1S/C52H34N2S/c1-2-14-35(15-3-1)36-28-30-39(31-29-36)53(50-26-13-23-46-45-22-8-11-27-51(45)55-52(46)50)40-18-12-17-38(32-40)47-34-41(33-37-16-4-5-19-42(37)47)54-48-24-9-6-20-43(48)44-21-7-10-25-49(44)54/h1-34H. The van der Waals surface area contributed by atoms with E-state index in [4.69, 9.17) is 0 Å². The fourth-order valence-electron chi connectivity index (χ4n) is 8.45. The summed E-state index contributed by atoms with van der Waals surface area (Å²) in [7, 11) is 0. The van der Waals surface area contributed by atoms with Gasteiger partial charge in [0.05, 0.1) is 21.4 Å². The summed E-state index contributed by atoms with van der Waals surface area (Å²) in [4.78, 5) is 2.44. The molecule has 3 heteroatoms. The van der Waals surface area contributed by atoms with Crippen LogP contribution in [0.4, 0.5) is 17.1 Å². The van der Waals surface area contributed by atoms with E-state index < -0.39 is 0 Å². The van der Waals surface area contributed by atoms with E-state index in [9.17, 15) is 0 Å². The van der Waals surface area contributed by atoms with Crippen molar-refractivity contribution in [2.45, 2.75) is 0 Å². The normalized spacial score (nSPS) is 11.6. The van der Waals surface area contributed by atoms with E-state index in [-0.39, 0.29) is 0 Å². The number of hydrogen-bond acceptors (Lipinski definition) is 2. The first kappa shape index (κ1) is 31.6. The van der Waals surface area contributed by atoms with Gasteiger partial charge in [0.2, 0.25) is 0 Å². The Labute approximate surface area is 323 Å². The second kappa shape index (κ2) is 12.9. The molecular formula is C52H34N2S. The van der Waals surface area contributed by atoms with Gasteiger partial charge < -0.3 is 9.47 Å². The molecule has 0 bridgehead atoms. The average Bonchev–Trinajstić information content (AvgIpc) is 3.81. The van der Waals surface area contributed by atoms with E-state index >= 15 is 0 Å². The highest BCUT2D eigenvalue weighted by molar-refractivity contribution is 7.26. The lowest BCUT2D eigenvalue weighted by atomic mass is 9.96. The molecule has 2 nitrogen and oxygen atoms in total. The van der Waals surface area contributed by atoms with Crippen molar-refractivity contribution in [1.29, 1.82) is 0 Å². The number of para-hydroxylation sites is 2. The molecule has 11 rings (SSSR count). The van der Waals surface area contributed by atoms with E-state index in [2.05, 4.69) is 216 Å². The Hall–Kier alpha value is -6.94. The van der Waals surface area contributed by atoms with Crippen LogP contribution in [0.2, 0.25) is 0 Å². The second-order valence-corrected chi connectivity index (χ2v) is 15.2. The molecule has 0 aliphatic rings. The zero-order valence-electron chi connectivity index (χ0n) is 29.9. The van der Waals surface area contributed by atoms with Gasteiger partial charge in [0.15, 0.2) is 0 Å². The van der Waals surface area contributed by atoms with Crippen LogP contribution in [0.15, 0.2) is 206 Å². The van der Waals surface area contributed by atoms with Crippen LogP contribution in [0.5, 0.6) is 0 Å². The molecule has 0 radical (unpaired) electrons. The van der Waals surface area contributed by atoms with Crippen LogP contribution >= 0.6 is 11.3 Å². The number of fused-ring (bicyclic) bond motifs is 7. The smallest absolute Gasteiger partial charge is 0.0640 e. The van der Waals surface area contributed by atoms with Gasteiger partial charge in [-0.1, -0.05) is 146 Å². The lowest BCUT2D eigenvalue weighted by molar-refractivity contribution is 1.19. The predicted octanol–water partition coefficient (Wildman–Crippen LogP) is 15.1. The van der Waals surface area contributed by atoms with Gasteiger partial charge in [0.1, 0.15) is 0 Å². The summed E-state index contributed by atoms with van der Waals surface area (Å²) in [5, 5.41) is 7.55. The minimum absolute atomic E-state index is 1.11. The first-order valence-electron chi connectivity index (χ1n) is 18.8. The van der Waals surface area contributed by atoms with Crippen molar-refractivity contribution in [3.63, 3.8) is 0 Å². The molecule has 0 unspecified atom stereocenters. The topological polar surface area (TPSA) is 8.17 Å². The number of aromatic nitrogens is 1. The largest absolute Gasteiger partial charge is 0.309 e. The third-order valence-corrected chi connectivity index (χ3v) is 12.2. The highest BCUT2D eigenvalue weighted by Gasteiger charge is 2.20. The molecule has 2 heterocycles. The van der Waals surface area contributed by atoms with Gasteiger partial charge in [-0.2, -0.15) is 0 Å². The van der Waals surface area contributed by atoms with Crippen molar-refractivity contribution >= 4 is 81.1 Å². The van der Waals surface area contributed by atoms with E-state index in [1.165, 1.54) is 80.7 Å². The molecule has 2 aromatic heterocycles. The first-order chi connectivity index (χ1) is 27.3. The minimum Gasteiger partial charge on any atom is -0.309 e. The number of anilines is 3. The molecule has 258 valence electrons. The lowest BCUT2D eigenvalue weighted by Crippen LogP contribution is -2.10. The quantitative estimate of drug-likeness (QED) is 0.166. The number of hydrogen-bond donors (Lipinski definition) is 0. The molecule has 0 aliphatic carbocycles. The fraction of sp³-hybridized carbons (Fsp3) is 0. The number of nitrogens with zero attached hydrogens (tertiary/aromatic N) is 2. The van der Waals surface area contributed by atoms with Crippen LogP contribution < -0.4 is 4.90 Å². The summed E-state index contributed by atoms with van der Waals surface area (Å²) in [5.41, 5.74) is 11.8. The molecule has 55 heavy (non-hydrogen) atoms. The minimum atomic E-state index is 1.11. The molecular weight excluding hydrogens is 685 g/mol. The molecule has 0 amide bonds. The van der Waals surface area contributed by atoms with Gasteiger partial charge in [-0.15, -0.1) is 11.3 Å².